The van der Waals surface area contributed by atoms with Gasteiger partial charge >= 0.3 is 5.97 Å². The first kappa shape index (κ1) is 17.2. The number of aromatic hydroxyl groups is 1. The Morgan fingerprint density at radius 2 is 1.96 bits per heavy atom. The van der Waals surface area contributed by atoms with Crippen LogP contribution in [-0.4, -0.2) is 34.0 Å². The van der Waals surface area contributed by atoms with Gasteiger partial charge in [0.2, 0.25) is 5.91 Å². The molecule has 0 saturated carbocycles. The summed E-state index contributed by atoms with van der Waals surface area (Å²) < 4.78 is 0.987. The van der Waals surface area contributed by atoms with E-state index in [0.717, 1.165) is 26.3 Å². The van der Waals surface area contributed by atoms with Crippen LogP contribution >= 0.6 is 22.6 Å². The first-order valence-electron chi connectivity index (χ1n) is 7.32. The Labute approximate surface area is 156 Å². The zero-order valence-corrected chi connectivity index (χ0v) is 14.9. The largest absolute Gasteiger partial charge is 0.507 e. The van der Waals surface area contributed by atoms with E-state index in [4.69, 9.17) is 5.11 Å². The number of carboxylic acids is 1. The molecule has 1 unspecified atom stereocenters. The van der Waals surface area contributed by atoms with Crippen molar-refractivity contribution in [3.05, 3.63) is 51.6 Å². The highest BCUT2D eigenvalue weighted by Crippen LogP contribution is 2.29. The second-order valence-corrected chi connectivity index (χ2v) is 6.73. The minimum atomic E-state index is -1.34. The van der Waals surface area contributed by atoms with Crippen molar-refractivity contribution < 1.29 is 24.6 Å². The summed E-state index contributed by atoms with van der Waals surface area (Å²) in [6.45, 7) is 0. The van der Waals surface area contributed by atoms with Crippen molar-refractivity contribution in [2.75, 3.05) is 10.2 Å². The number of halogens is 1. The van der Waals surface area contributed by atoms with Gasteiger partial charge in [-0.15, -0.1) is 0 Å². The van der Waals surface area contributed by atoms with Crippen LogP contribution in [0.1, 0.15) is 16.8 Å². The number of amides is 2. The van der Waals surface area contributed by atoms with E-state index in [1.165, 1.54) is 6.07 Å². The molecule has 0 bridgehead atoms. The lowest BCUT2D eigenvalue weighted by Crippen LogP contribution is -2.34. The summed E-state index contributed by atoms with van der Waals surface area (Å²) in [4.78, 5) is 36.9. The third-order valence-electron chi connectivity index (χ3n) is 3.78. The maximum Gasteiger partial charge on any atom is 0.339 e. The number of hydrogen-bond donors (Lipinski definition) is 3. The maximum atomic E-state index is 12.6. The summed E-state index contributed by atoms with van der Waals surface area (Å²) >= 11 is 2.15. The minimum Gasteiger partial charge on any atom is -0.507 e. The minimum absolute atomic E-state index is 0.0341. The average Bonchev–Trinajstić information content (AvgIpc) is 2.82. The summed E-state index contributed by atoms with van der Waals surface area (Å²) in [7, 11) is 0. The molecule has 1 aliphatic heterocycles. The zero-order chi connectivity index (χ0) is 18.1. The molecule has 7 nitrogen and oxygen atoms in total. The van der Waals surface area contributed by atoms with E-state index in [9.17, 15) is 19.5 Å². The lowest BCUT2D eigenvalue weighted by molar-refractivity contribution is -0.121. The van der Waals surface area contributed by atoms with E-state index < -0.39 is 29.6 Å². The fourth-order valence-corrected chi connectivity index (χ4v) is 3.17. The van der Waals surface area contributed by atoms with E-state index in [2.05, 4.69) is 27.9 Å². The van der Waals surface area contributed by atoms with Gasteiger partial charge < -0.3 is 15.5 Å². The fourth-order valence-electron chi connectivity index (χ4n) is 2.63. The molecular formula is C17H13IN2O5. The Bertz CT molecular complexity index is 883. The van der Waals surface area contributed by atoms with Gasteiger partial charge in [0.1, 0.15) is 17.4 Å². The highest BCUT2D eigenvalue weighted by atomic mass is 127. The van der Waals surface area contributed by atoms with Crippen molar-refractivity contribution in [3.63, 3.8) is 0 Å². The number of imide groups is 1. The van der Waals surface area contributed by atoms with Gasteiger partial charge in [-0.2, -0.15) is 0 Å². The average molecular weight is 452 g/mol. The maximum absolute atomic E-state index is 12.6. The van der Waals surface area contributed by atoms with Gasteiger partial charge in [-0.3, -0.25) is 9.59 Å². The van der Waals surface area contributed by atoms with Crippen LogP contribution in [0.15, 0.2) is 42.5 Å². The van der Waals surface area contributed by atoms with E-state index >= 15 is 0 Å². The molecule has 2 aromatic carbocycles. The molecule has 8 heteroatoms. The first-order valence-corrected chi connectivity index (χ1v) is 8.40. The van der Waals surface area contributed by atoms with E-state index in [1.807, 2.05) is 18.2 Å². The summed E-state index contributed by atoms with van der Waals surface area (Å²) in [5.74, 6) is -2.67. The first-order chi connectivity index (χ1) is 11.9. The zero-order valence-electron chi connectivity index (χ0n) is 12.8. The number of anilines is 2. The highest BCUT2D eigenvalue weighted by Gasteiger charge is 2.40. The van der Waals surface area contributed by atoms with E-state index in [-0.39, 0.29) is 17.7 Å². The van der Waals surface area contributed by atoms with Crippen LogP contribution in [0.25, 0.3) is 0 Å². The van der Waals surface area contributed by atoms with Crippen molar-refractivity contribution in [3.8, 4) is 5.75 Å². The Morgan fingerprint density at radius 3 is 2.64 bits per heavy atom. The van der Waals surface area contributed by atoms with Crippen molar-refractivity contribution in [2.24, 2.45) is 0 Å². The van der Waals surface area contributed by atoms with Gasteiger partial charge in [0.25, 0.3) is 5.91 Å². The van der Waals surface area contributed by atoms with Crippen LogP contribution < -0.4 is 10.2 Å². The lowest BCUT2D eigenvalue weighted by Gasteiger charge is -2.17. The number of nitrogens with one attached hydrogen (secondary N) is 1. The van der Waals surface area contributed by atoms with Crippen LogP contribution in [0.2, 0.25) is 0 Å². The second kappa shape index (κ2) is 6.71. The summed E-state index contributed by atoms with van der Waals surface area (Å²) in [6, 6.07) is 10.3. The van der Waals surface area contributed by atoms with Crippen LogP contribution in [0, 0.1) is 3.57 Å². The predicted molar refractivity (Wildman–Crippen MR) is 98.7 cm³/mol. The number of nitrogens with zero attached hydrogens (tertiary/aromatic N) is 1. The molecule has 0 aromatic heterocycles. The molecule has 0 aliphatic carbocycles. The normalized spacial score (nSPS) is 17.0. The number of hydrogen-bond acceptors (Lipinski definition) is 5. The number of carbonyl (C=O) groups excluding carboxylic acids is 2. The van der Waals surface area contributed by atoms with Crippen molar-refractivity contribution in [2.45, 2.75) is 12.5 Å². The van der Waals surface area contributed by atoms with Crippen LogP contribution in [0.3, 0.4) is 0 Å². The SMILES string of the molecule is O=C(O)c1cc(N2C(=O)CC(Nc3cccc(I)c3)C2=O)ccc1O. The van der Waals surface area contributed by atoms with Gasteiger partial charge in [-0.1, -0.05) is 6.07 Å². The summed E-state index contributed by atoms with van der Waals surface area (Å²) in [5.41, 5.74) is 0.473. The number of rotatable bonds is 4. The molecule has 2 aromatic rings. The van der Waals surface area contributed by atoms with Crippen LogP contribution in [0.4, 0.5) is 11.4 Å². The monoisotopic (exact) mass is 452 g/mol. The molecule has 2 amide bonds. The summed E-state index contributed by atoms with van der Waals surface area (Å²) in [5, 5.41) is 21.7. The Balaban J connectivity index is 1.87. The fraction of sp³-hybridized carbons (Fsp3) is 0.118. The standard InChI is InChI=1S/C17H13IN2O5/c18-9-2-1-3-10(6-9)19-13-8-15(22)20(16(13)23)11-4-5-14(21)12(7-11)17(24)25/h1-7,13,19,21H,8H2,(H,24,25). The molecule has 1 heterocycles. The number of phenols is 1. The molecule has 25 heavy (non-hydrogen) atoms. The van der Waals surface area contributed by atoms with Gasteiger partial charge in [0.15, 0.2) is 0 Å². The molecule has 3 rings (SSSR count). The molecule has 1 fully saturated rings. The van der Waals surface area contributed by atoms with Gasteiger partial charge in [-0.25, -0.2) is 9.69 Å². The number of carboxylic acid groups (broad SMARTS) is 1. The number of benzene rings is 2. The molecule has 1 atom stereocenters. The Kier molecular flexibility index (Phi) is 4.62. The molecule has 0 radical (unpaired) electrons. The molecule has 1 saturated heterocycles. The topological polar surface area (TPSA) is 107 Å². The Hall–Kier alpha value is -2.62. The van der Waals surface area contributed by atoms with Crippen LogP contribution in [0.5, 0.6) is 5.75 Å². The van der Waals surface area contributed by atoms with Crippen molar-refractivity contribution in [1.29, 1.82) is 0 Å². The van der Waals surface area contributed by atoms with Crippen molar-refractivity contribution in [1.82, 2.24) is 0 Å². The van der Waals surface area contributed by atoms with E-state index in [0.29, 0.717) is 0 Å². The van der Waals surface area contributed by atoms with Crippen LogP contribution in [-0.2, 0) is 9.59 Å². The Morgan fingerprint density at radius 1 is 1.20 bits per heavy atom. The molecule has 128 valence electrons. The molecule has 1 aliphatic rings. The molecule has 0 spiro atoms. The number of carbonyl (C=O) groups is 3. The third-order valence-corrected chi connectivity index (χ3v) is 4.45. The van der Waals surface area contributed by atoms with Crippen molar-refractivity contribution >= 4 is 51.7 Å². The quantitative estimate of drug-likeness (QED) is 0.486. The van der Waals surface area contributed by atoms with E-state index in [1.54, 1.807) is 6.07 Å². The predicted octanol–water partition coefficient (Wildman–Crippen LogP) is 2.44. The summed E-state index contributed by atoms with van der Waals surface area (Å²) in [6.07, 6.45) is -0.0341. The molecule has 3 N–H and O–H groups in total. The van der Waals surface area contributed by atoms with Gasteiger partial charge in [-0.05, 0) is 59.0 Å². The second-order valence-electron chi connectivity index (χ2n) is 5.49. The highest BCUT2D eigenvalue weighted by molar-refractivity contribution is 14.1. The third kappa shape index (κ3) is 3.43. The number of aromatic carboxylic acids is 1. The van der Waals surface area contributed by atoms with Gasteiger partial charge in [0.05, 0.1) is 12.1 Å². The van der Waals surface area contributed by atoms with Gasteiger partial charge in [0, 0.05) is 9.26 Å². The molecular weight excluding hydrogens is 439 g/mol. The smallest absolute Gasteiger partial charge is 0.339 e. The lowest BCUT2D eigenvalue weighted by atomic mass is 10.1.